The number of hydrogen-bond acceptors (Lipinski definition) is 8. The number of carboxylic acid groups (broad SMARTS) is 1. The van der Waals surface area contributed by atoms with E-state index in [0.717, 1.165) is 18.2 Å². The Labute approximate surface area is 204 Å². The van der Waals surface area contributed by atoms with Gasteiger partial charge in [0.15, 0.2) is 11.4 Å². The molecule has 1 aliphatic heterocycles. The van der Waals surface area contributed by atoms with Gasteiger partial charge in [0.1, 0.15) is 28.6 Å². The molecule has 2 N–H and O–H groups in total. The van der Waals surface area contributed by atoms with Crippen molar-refractivity contribution in [1.29, 1.82) is 0 Å². The van der Waals surface area contributed by atoms with Crippen molar-refractivity contribution in [2.45, 2.75) is 83.5 Å². The Kier molecular flexibility index (Phi) is 6.98. The minimum Gasteiger partial charge on any atom is -0.481 e. The minimum atomic E-state index is -0.803. The van der Waals surface area contributed by atoms with Crippen molar-refractivity contribution in [1.82, 2.24) is 9.97 Å². The number of aliphatic hydroxyl groups excluding tert-OH is 1. The van der Waals surface area contributed by atoms with E-state index < -0.39 is 29.7 Å². The molecule has 1 unspecified atom stereocenters. The Hall–Kier alpha value is -3.20. The molecule has 188 valence electrons. The van der Waals surface area contributed by atoms with Crippen LogP contribution in [0, 0.1) is 0 Å². The Morgan fingerprint density at radius 3 is 2.69 bits per heavy atom. The number of esters is 1. The fraction of sp³-hybridized carbons (Fsp3) is 0.538. The maximum Gasteiger partial charge on any atom is 0.329 e. The molecule has 0 aliphatic carbocycles. The maximum absolute atomic E-state index is 13.0. The molecule has 3 aromatic rings. The summed E-state index contributed by atoms with van der Waals surface area (Å²) in [5, 5.41) is 20.2. The predicted molar refractivity (Wildman–Crippen MR) is 131 cm³/mol. The van der Waals surface area contributed by atoms with Gasteiger partial charge in [0.05, 0.1) is 6.10 Å². The van der Waals surface area contributed by atoms with Crippen LogP contribution in [0.15, 0.2) is 28.7 Å². The average Bonchev–Trinajstić information content (AvgIpc) is 3.35. The number of carboxylic acids is 1. The van der Waals surface area contributed by atoms with Gasteiger partial charge in [-0.3, -0.25) is 4.79 Å². The van der Waals surface area contributed by atoms with E-state index >= 15 is 0 Å². The number of aromatic nitrogens is 2. The molecule has 9 heteroatoms. The van der Waals surface area contributed by atoms with E-state index in [0.29, 0.717) is 34.7 Å². The van der Waals surface area contributed by atoms with Crippen LogP contribution in [0.1, 0.15) is 71.5 Å². The van der Waals surface area contributed by atoms with Gasteiger partial charge in [0.2, 0.25) is 0 Å². The second-order valence-corrected chi connectivity index (χ2v) is 10.3. The first kappa shape index (κ1) is 24.9. The van der Waals surface area contributed by atoms with Crippen LogP contribution in [0.2, 0.25) is 0 Å². The molecule has 3 atom stereocenters. The monoisotopic (exact) mass is 483 g/mol. The summed E-state index contributed by atoms with van der Waals surface area (Å²) in [4.78, 5) is 35.3. The summed E-state index contributed by atoms with van der Waals surface area (Å²) in [5.74, 6) is -0.193. The molecule has 1 saturated heterocycles. The fourth-order valence-corrected chi connectivity index (χ4v) is 4.51. The number of hydrogen-bond donors (Lipinski definition) is 2. The van der Waals surface area contributed by atoms with Gasteiger partial charge in [-0.15, -0.1) is 0 Å². The number of aliphatic hydroxyl groups is 1. The van der Waals surface area contributed by atoms with Gasteiger partial charge in [0.25, 0.3) is 0 Å². The van der Waals surface area contributed by atoms with Crippen LogP contribution >= 0.6 is 0 Å². The number of carbonyl (C=O) groups is 2. The summed E-state index contributed by atoms with van der Waals surface area (Å²) in [5.41, 5.74) is 1.13. The van der Waals surface area contributed by atoms with Crippen LogP contribution in [0.5, 0.6) is 0 Å². The largest absolute Gasteiger partial charge is 0.481 e. The van der Waals surface area contributed by atoms with E-state index in [-0.39, 0.29) is 25.3 Å². The Morgan fingerprint density at radius 1 is 1.23 bits per heavy atom. The molecule has 0 radical (unpaired) electrons. The molecule has 1 fully saturated rings. The van der Waals surface area contributed by atoms with Crippen LogP contribution < -0.4 is 4.90 Å². The molecular weight excluding hydrogens is 450 g/mol. The summed E-state index contributed by atoms with van der Waals surface area (Å²) in [6.45, 7) is 7.67. The lowest BCUT2D eigenvalue weighted by molar-refractivity contribution is -0.156. The molecule has 35 heavy (non-hydrogen) atoms. The first-order valence-corrected chi connectivity index (χ1v) is 12.1. The van der Waals surface area contributed by atoms with Gasteiger partial charge in [-0.05, 0) is 45.7 Å². The minimum absolute atomic E-state index is 0.0342. The third-order valence-corrected chi connectivity index (χ3v) is 6.17. The number of nitrogens with zero attached hydrogens (tertiary/aromatic N) is 3. The number of anilines is 1. The number of rotatable bonds is 8. The summed E-state index contributed by atoms with van der Waals surface area (Å²) >= 11 is 0. The number of ether oxygens (including phenoxy) is 1. The third-order valence-electron chi connectivity index (χ3n) is 6.17. The molecule has 0 saturated carbocycles. The van der Waals surface area contributed by atoms with Crippen molar-refractivity contribution in [3.8, 4) is 0 Å². The molecule has 0 bridgehead atoms. The summed E-state index contributed by atoms with van der Waals surface area (Å²) in [7, 11) is 0. The first-order valence-electron chi connectivity index (χ1n) is 12.1. The first-order chi connectivity index (χ1) is 16.5. The van der Waals surface area contributed by atoms with E-state index in [9.17, 15) is 14.7 Å². The molecule has 0 spiro atoms. The molecule has 3 heterocycles. The zero-order valence-electron chi connectivity index (χ0n) is 20.7. The van der Waals surface area contributed by atoms with Gasteiger partial charge < -0.3 is 24.3 Å². The SMILES string of the molecule is CC(CCCCC(=O)O)c1nc(N2C[C@@H](O)C[C@H]2C(=O)OC(C)(C)C)c2oc3ccccc3c2n1. The topological polar surface area (TPSA) is 126 Å². The van der Waals surface area contributed by atoms with Crippen LogP contribution in [0.3, 0.4) is 0 Å². The quantitative estimate of drug-likeness (QED) is 0.354. The number of unbranched alkanes of at least 4 members (excludes halogenated alkanes) is 1. The average molecular weight is 484 g/mol. The van der Waals surface area contributed by atoms with Crippen molar-refractivity contribution >= 4 is 39.8 Å². The number of β-amino-alcohol motifs (C(OH)–C–C–N with tert-alkyl or cyclic N) is 1. The Bertz CT molecular complexity index is 1230. The zero-order chi connectivity index (χ0) is 25.3. The fourth-order valence-electron chi connectivity index (χ4n) is 4.51. The standard InChI is InChI=1S/C26H33N3O6/c1-15(9-5-8-12-20(31)32)23-27-21-17-10-6-7-11-19(17)34-22(21)24(28-23)29-14-16(30)13-18(29)25(33)35-26(2,3)4/h6-7,10-11,15-16,18,30H,5,8-9,12-14H2,1-4H3,(H,31,32)/t15?,16-,18-/m0/s1. The highest BCUT2D eigenvalue weighted by Gasteiger charge is 2.41. The highest BCUT2D eigenvalue weighted by atomic mass is 16.6. The molecule has 1 aromatic carbocycles. The Balaban J connectivity index is 1.75. The van der Waals surface area contributed by atoms with Crippen molar-refractivity contribution < 1.29 is 29.0 Å². The third kappa shape index (κ3) is 5.56. The predicted octanol–water partition coefficient (Wildman–Crippen LogP) is 4.41. The maximum atomic E-state index is 13.0. The summed E-state index contributed by atoms with van der Waals surface area (Å²) in [6.07, 6.45) is 1.71. The van der Waals surface area contributed by atoms with Crippen LogP contribution in [0.4, 0.5) is 5.82 Å². The molecule has 1 aliphatic rings. The lowest BCUT2D eigenvalue weighted by atomic mass is 10.0. The molecule has 4 rings (SSSR count). The number of fused-ring (bicyclic) bond motifs is 3. The zero-order valence-corrected chi connectivity index (χ0v) is 20.7. The van der Waals surface area contributed by atoms with E-state index in [1.165, 1.54) is 0 Å². The number of para-hydroxylation sites is 1. The molecule has 0 amide bonds. The van der Waals surface area contributed by atoms with E-state index in [1.54, 1.807) is 4.90 Å². The van der Waals surface area contributed by atoms with E-state index in [4.69, 9.17) is 24.2 Å². The van der Waals surface area contributed by atoms with Gasteiger partial charge in [-0.25, -0.2) is 14.8 Å². The van der Waals surface area contributed by atoms with E-state index in [2.05, 4.69) is 0 Å². The van der Waals surface area contributed by atoms with E-state index in [1.807, 2.05) is 52.0 Å². The number of benzene rings is 1. The van der Waals surface area contributed by atoms with Crippen molar-refractivity contribution in [2.24, 2.45) is 0 Å². The van der Waals surface area contributed by atoms with Crippen molar-refractivity contribution in [2.75, 3.05) is 11.4 Å². The normalized spacial score (nSPS) is 19.4. The lowest BCUT2D eigenvalue weighted by Crippen LogP contribution is -2.41. The smallest absolute Gasteiger partial charge is 0.329 e. The Morgan fingerprint density at radius 2 is 1.97 bits per heavy atom. The molecule has 2 aromatic heterocycles. The second kappa shape index (κ2) is 9.81. The van der Waals surface area contributed by atoms with Crippen LogP contribution in [-0.2, 0) is 14.3 Å². The second-order valence-electron chi connectivity index (χ2n) is 10.3. The number of aliphatic carboxylic acids is 1. The summed E-state index contributed by atoms with van der Waals surface area (Å²) in [6, 6.07) is 6.89. The lowest BCUT2D eigenvalue weighted by Gasteiger charge is -2.28. The summed E-state index contributed by atoms with van der Waals surface area (Å²) < 4.78 is 11.8. The van der Waals surface area contributed by atoms with Crippen LogP contribution in [-0.4, -0.2) is 56.4 Å². The highest BCUT2D eigenvalue weighted by Crippen LogP contribution is 2.37. The van der Waals surface area contributed by atoms with Crippen LogP contribution in [0.25, 0.3) is 22.1 Å². The number of furan rings is 1. The number of carbonyl (C=O) groups excluding carboxylic acids is 1. The van der Waals surface area contributed by atoms with Gasteiger partial charge in [-0.1, -0.05) is 25.5 Å². The van der Waals surface area contributed by atoms with Gasteiger partial charge in [0, 0.05) is 30.7 Å². The van der Waals surface area contributed by atoms with Crippen molar-refractivity contribution in [3.63, 3.8) is 0 Å². The molecule has 9 nitrogen and oxygen atoms in total. The molecular formula is C26H33N3O6. The van der Waals surface area contributed by atoms with Gasteiger partial charge in [-0.2, -0.15) is 0 Å². The highest BCUT2D eigenvalue weighted by molar-refractivity contribution is 6.06. The van der Waals surface area contributed by atoms with Crippen molar-refractivity contribution in [3.05, 3.63) is 30.1 Å². The van der Waals surface area contributed by atoms with Gasteiger partial charge >= 0.3 is 11.9 Å².